The summed E-state index contributed by atoms with van der Waals surface area (Å²) in [6, 6.07) is 0. The highest BCUT2D eigenvalue weighted by Crippen LogP contribution is 2.31. The Bertz CT molecular complexity index is 437. The van der Waals surface area contributed by atoms with E-state index in [-0.39, 0.29) is 5.92 Å². The van der Waals surface area contributed by atoms with Crippen molar-refractivity contribution >= 4 is 22.4 Å². The lowest BCUT2D eigenvalue weighted by atomic mass is 10.1. The number of aromatic nitrogens is 1. The Morgan fingerprint density at radius 1 is 1.33 bits per heavy atom. The third kappa shape index (κ3) is 2.64. The largest absolute Gasteiger partial charge is 0.477 e. The minimum Gasteiger partial charge on any atom is -0.477 e. The van der Waals surface area contributed by atoms with Gasteiger partial charge in [0.15, 0.2) is 5.13 Å². The maximum Gasteiger partial charge on any atom is 0.347 e. The SMILES string of the molecule is CC(C)c1nc(N2CCN(C)CC2)sc1C(=O)O. The minimum absolute atomic E-state index is 0.147. The van der Waals surface area contributed by atoms with Crippen LogP contribution in [-0.2, 0) is 0 Å². The van der Waals surface area contributed by atoms with E-state index < -0.39 is 5.97 Å². The van der Waals surface area contributed by atoms with Crippen LogP contribution < -0.4 is 4.90 Å². The van der Waals surface area contributed by atoms with Gasteiger partial charge in [-0.25, -0.2) is 9.78 Å². The van der Waals surface area contributed by atoms with Crippen molar-refractivity contribution in [3.05, 3.63) is 10.6 Å². The first kappa shape index (κ1) is 13.3. The monoisotopic (exact) mass is 269 g/mol. The number of carboxylic acids is 1. The Balaban J connectivity index is 2.24. The smallest absolute Gasteiger partial charge is 0.347 e. The third-order valence-corrected chi connectivity index (χ3v) is 4.28. The van der Waals surface area contributed by atoms with Crippen LogP contribution in [0.25, 0.3) is 0 Å². The van der Waals surface area contributed by atoms with Crippen LogP contribution in [-0.4, -0.2) is 54.2 Å². The van der Waals surface area contributed by atoms with Gasteiger partial charge in [-0.3, -0.25) is 0 Å². The van der Waals surface area contributed by atoms with Crippen molar-refractivity contribution < 1.29 is 9.90 Å². The van der Waals surface area contributed by atoms with Crippen LogP contribution in [0.1, 0.15) is 35.1 Å². The summed E-state index contributed by atoms with van der Waals surface area (Å²) in [7, 11) is 2.10. The number of likely N-dealkylation sites (N-methyl/N-ethyl adjacent to an activating group) is 1. The Kier molecular flexibility index (Phi) is 3.87. The zero-order chi connectivity index (χ0) is 13.3. The number of aromatic carboxylic acids is 1. The van der Waals surface area contributed by atoms with E-state index in [9.17, 15) is 9.90 Å². The zero-order valence-electron chi connectivity index (χ0n) is 11.0. The molecule has 18 heavy (non-hydrogen) atoms. The van der Waals surface area contributed by atoms with Crippen molar-refractivity contribution in [2.75, 3.05) is 38.1 Å². The van der Waals surface area contributed by atoms with Gasteiger partial charge in [0.25, 0.3) is 0 Å². The van der Waals surface area contributed by atoms with Crippen LogP contribution in [0.15, 0.2) is 0 Å². The molecule has 0 radical (unpaired) electrons. The molecule has 0 saturated carbocycles. The molecular weight excluding hydrogens is 250 g/mol. The molecule has 1 aromatic heterocycles. The number of hydrogen-bond acceptors (Lipinski definition) is 5. The van der Waals surface area contributed by atoms with Gasteiger partial charge < -0.3 is 14.9 Å². The summed E-state index contributed by atoms with van der Waals surface area (Å²) in [5.41, 5.74) is 0.710. The molecule has 1 N–H and O–H groups in total. The average molecular weight is 269 g/mol. The van der Waals surface area contributed by atoms with Crippen LogP contribution >= 0.6 is 11.3 Å². The van der Waals surface area contributed by atoms with Gasteiger partial charge in [-0.1, -0.05) is 25.2 Å². The summed E-state index contributed by atoms with van der Waals surface area (Å²) in [5.74, 6) is -0.717. The van der Waals surface area contributed by atoms with Gasteiger partial charge in [0.05, 0.1) is 5.69 Å². The fourth-order valence-electron chi connectivity index (χ4n) is 2.00. The fourth-order valence-corrected chi connectivity index (χ4v) is 3.11. The van der Waals surface area contributed by atoms with E-state index in [4.69, 9.17) is 0 Å². The fraction of sp³-hybridized carbons (Fsp3) is 0.667. The van der Waals surface area contributed by atoms with Crippen molar-refractivity contribution in [1.29, 1.82) is 0 Å². The number of rotatable bonds is 3. The number of hydrogen-bond donors (Lipinski definition) is 1. The lowest BCUT2D eigenvalue weighted by Crippen LogP contribution is -2.44. The number of nitrogens with zero attached hydrogens (tertiary/aromatic N) is 3. The lowest BCUT2D eigenvalue weighted by Gasteiger charge is -2.32. The Morgan fingerprint density at radius 3 is 2.39 bits per heavy atom. The molecule has 1 saturated heterocycles. The first-order valence-corrected chi connectivity index (χ1v) is 6.98. The number of thiazole rings is 1. The maximum atomic E-state index is 11.2. The second kappa shape index (κ2) is 5.24. The van der Waals surface area contributed by atoms with Crippen LogP contribution in [0.3, 0.4) is 0 Å². The van der Waals surface area contributed by atoms with Gasteiger partial charge >= 0.3 is 5.97 Å². The molecule has 1 aliphatic heterocycles. The van der Waals surface area contributed by atoms with Crippen LogP contribution in [0.4, 0.5) is 5.13 Å². The van der Waals surface area contributed by atoms with Crippen molar-refractivity contribution in [3.8, 4) is 0 Å². The molecule has 0 bridgehead atoms. The second-order valence-electron chi connectivity index (χ2n) is 4.96. The molecule has 6 heteroatoms. The molecule has 2 heterocycles. The molecule has 2 rings (SSSR count). The molecule has 0 spiro atoms. The summed E-state index contributed by atoms with van der Waals surface area (Å²) in [5, 5.41) is 10.1. The minimum atomic E-state index is -0.864. The van der Waals surface area contributed by atoms with Crippen LogP contribution in [0.2, 0.25) is 0 Å². The second-order valence-corrected chi connectivity index (χ2v) is 5.94. The van der Waals surface area contributed by atoms with Gasteiger partial charge in [-0.2, -0.15) is 0 Å². The molecule has 0 atom stereocenters. The highest BCUT2D eigenvalue weighted by atomic mass is 32.1. The van der Waals surface area contributed by atoms with Gasteiger partial charge in [-0.15, -0.1) is 0 Å². The Labute approximate surface area is 111 Å². The molecule has 5 nitrogen and oxygen atoms in total. The van der Waals surface area contributed by atoms with Crippen molar-refractivity contribution in [2.24, 2.45) is 0 Å². The van der Waals surface area contributed by atoms with E-state index in [0.717, 1.165) is 31.3 Å². The molecule has 1 fully saturated rings. The Morgan fingerprint density at radius 2 is 1.94 bits per heavy atom. The summed E-state index contributed by atoms with van der Waals surface area (Å²) >= 11 is 1.30. The van der Waals surface area contributed by atoms with Gasteiger partial charge in [0.1, 0.15) is 4.88 Å². The zero-order valence-corrected chi connectivity index (χ0v) is 11.8. The number of anilines is 1. The highest BCUT2D eigenvalue weighted by Gasteiger charge is 2.24. The molecule has 1 aromatic rings. The summed E-state index contributed by atoms with van der Waals surface area (Å²) < 4.78 is 0. The summed E-state index contributed by atoms with van der Waals surface area (Å²) in [6.45, 7) is 7.80. The summed E-state index contributed by atoms with van der Waals surface area (Å²) in [6.07, 6.45) is 0. The summed E-state index contributed by atoms with van der Waals surface area (Å²) in [4.78, 5) is 20.6. The van der Waals surface area contributed by atoms with Crippen molar-refractivity contribution in [3.63, 3.8) is 0 Å². The number of piperazine rings is 1. The van der Waals surface area contributed by atoms with E-state index in [1.54, 1.807) is 0 Å². The molecular formula is C12H19N3O2S. The lowest BCUT2D eigenvalue weighted by molar-refractivity contribution is 0.0700. The van der Waals surface area contributed by atoms with Gasteiger partial charge in [0.2, 0.25) is 0 Å². The first-order valence-electron chi connectivity index (χ1n) is 6.16. The van der Waals surface area contributed by atoms with Crippen LogP contribution in [0.5, 0.6) is 0 Å². The van der Waals surface area contributed by atoms with Gasteiger partial charge in [0, 0.05) is 26.2 Å². The van der Waals surface area contributed by atoms with E-state index in [1.165, 1.54) is 11.3 Å². The van der Waals surface area contributed by atoms with Crippen molar-refractivity contribution in [2.45, 2.75) is 19.8 Å². The van der Waals surface area contributed by atoms with Crippen molar-refractivity contribution in [1.82, 2.24) is 9.88 Å². The third-order valence-electron chi connectivity index (χ3n) is 3.16. The van der Waals surface area contributed by atoms with Crippen LogP contribution in [0, 0.1) is 0 Å². The van der Waals surface area contributed by atoms with E-state index in [1.807, 2.05) is 13.8 Å². The molecule has 0 aliphatic carbocycles. The van der Waals surface area contributed by atoms with E-state index in [2.05, 4.69) is 21.8 Å². The number of carbonyl (C=O) groups is 1. The molecule has 1 aliphatic rings. The predicted octanol–water partition coefficient (Wildman–Crippen LogP) is 1.72. The quantitative estimate of drug-likeness (QED) is 0.905. The number of carboxylic acid groups (broad SMARTS) is 1. The first-order chi connectivity index (χ1) is 8.49. The molecule has 0 unspecified atom stereocenters. The normalized spacial score (nSPS) is 17.4. The molecule has 0 amide bonds. The average Bonchev–Trinajstić information content (AvgIpc) is 2.75. The molecule has 100 valence electrons. The predicted molar refractivity (Wildman–Crippen MR) is 72.9 cm³/mol. The van der Waals surface area contributed by atoms with Gasteiger partial charge in [-0.05, 0) is 13.0 Å². The Hall–Kier alpha value is -1.14. The standard InChI is InChI=1S/C12H19N3O2S/c1-8(2)9-10(11(16)17)18-12(13-9)15-6-4-14(3)5-7-15/h8H,4-7H2,1-3H3,(H,16,17). The maximum absolute atomic E-state index is 11.2. The van der Waals surface area contributed by atoms with E-state index >= 15 is 0 Å². The molecule has 0 aromatic carbocycles. The van der Waals surface area contributed by atoms with E-state index in [0.29, 0.717) is 10.6 Å². The highest BCUT2D eigenvalue weighted by molar-refractivity contribution is 7.17. The topological polar surface area (TPSA) is 56.7 Å².